The van der Waals surface area contributed by atoms with Gasteiger partial charge in [0.1, 0.15) is 10.6 Å². The molecule has 1 aromatic rings. The maximum absolute atomic E-state index is 9.56. The van der Waals surface area contributed by atoms with Crippen LogP contribution >= 0.6 is 15.9 Å². The highest BCUT2D eigenvalue weighted by Crippen LogP contribution is 2.28. The summed E-state index contributed by atoms with van der Waals surface area (Å²) in [7, 11) is 1.93. The van der Waals surface area contributed by atoms with Gasteiger partial charge >= 0.3 is 0 Å². The molecule has 20 heavy (non-hydrogen) atoms. The number of hydrogen-bond donors (Lipinski definition) is 0. The van der Waals surface area contributed by atoms with Crippen molar-refractivity contribution in [2.75, 3.05) is 26.2 Å². The molecule has 0 spiro atoms. The first kappa shape index (κ1) is 15.5. The van der Waals surface area contributed by atoms with Crippen LogP contribution in [0.3, 0.4) is 0 Å². The van der Waals surface area contributed by atoms with Crippen molar-refractivity contribution in [3.8, 4) is 6.07 Å². The quantitative estimate of drug-likeness (QED) is 0.828. The Kier molecular flexibility index (Phi) is 4.52. The molecule has 0 radical (unpaired) electrons. The highest BCUT2D eigenvalue weighted by molar-refractivity contribution is 9.10. The molecule has 0 saturated carbocycles. The van der Waals surface area contributed by atoms with Crippen molar-refractivity contribution in [2.24, 2.45) is 7.05 Å². The Hall–Kier alpha value is -0.900. The van der Waals surface area contributed by atoms with Crippen molar-refractivity contribution in [1.82, 2.24) is 19.4 Å². The monoisotopic (exact) mass is 339 g/mol. The standard InChI is InChI=1S/C14H22BrN5/c1-14(2,3)20-7-5-19(6-8-20)11(9-16)12-13(15)17-10-18(12)4/h10-11H,5-8H2,1-4H3. The van der Waals surface area contributed by atoms with E-state index >= 15 is 0 Å². The summed E-state index contributed by atoms with van der Waals surface area (Å²) >= 11 is 3.45. The number of nitriles is 1. The molecule has 2 heterocycles. The van der Waals surface area contributed by atoms with Crippen LogP contribution in [-0.2, 0) is 7.05 Å². The Morgan fingerprint density at radius 1 is 1.30 bits per heavy atom. The fourth-order valence-electron chi connectivity index (χ4n) is 2.68. The van der Waals surface area contributed by atoms with Gasteiger partial charge < -0.3 is 4.57 Å². The fourth-order valence-corrected chi connectivity index (χ4v) is 3.27. The van der Waals surface area contributed by atoms with E-state index in [-0.39, 0.29) is 11.6 Å². The zero-order valence-corrected chi connectivity index (χ0v) is 14.2. The molecule has 6 heteroatoms. The predicted octanol–water partition coefficient (Wildman–Crippen LogP) is 2.16. The average molecular weight is 340 g/mol. The molecule has 0 N–H and O–H groups in total. The van der Waals surface area contributed by atoms with Crippen LogP contribution in [0.2, 0.25) is 0 Å². The van der Waals surface area contributed by atoms with E-state index in [1.807, 2.05) is 11.6 Å². The molecule has 1 atom stereocenters. The summed E-state index contributed by atoms with van der Waals surface area (Å²) in [5.41, 5.74) is 1.14. The van der Waals surface area contributed by atoms with Gasteiger partial charge in [0, 0.05) is 38.8 Å². The van der Waals surface area contributed by atoms with E-state index in [9.17, 15) is 5.26 Å². The van der Waals surface area contributed by atoms with E-state index in [0.29, 0.717) is 0 Å². The molecule has 1 fully saturated rings. The zero-order chi connectivity index (χ0) is 14.9. The van der Waals surface area contributed by atoms with Gasteiger partial charge in [0.2, 0.25) is 0 Å². The van der Waals surface area contributed by atoms with Gasteiger partial charge in [-0.05, 0) is 36.7 Å². The number of imidazole rings is 1. The summed E-state index contributed by atoms with van der Waals surface area (Å²) < 4.78 is 2.69. The number of nitrogens with zero attached hydrogens (tertiary/aromatic N) is 5. The molecular weight excluding hydrogens is 318 g/mol. The number of piperazine rings is 1. The molecule has 1 unspecified atom stereocenters. The summed E-state index contributed by atoms with van der Waals surface area (Å²) in [4.78, 5) is 8.93. The maximum atomic E-state index is 9.56. The molecule has 1 aromatic heterocycles. The highest BCUT2D eigenvalue weighted by atomic mass is 79.9. The van der Waals surface area contributed by atoms with Crippen molar-refractivity contribution >= 4 is 15.9 Å². The van der Waals surface area contributed by atoms with Crippen LogP contribution < -0.4 is 0 Å². The molecule has 110 valence electrons. The number of aromatic nitrogens is 2. The smallest absolute Gasteiger partial charge is 0.141 e. The van der Waals surface area contributed by atoms with Crippen LogP contribution in [0, 0.1) is 11.3 Å². The predicted molar refractivity (Wildman–Crippen MR) is 82.2 cm³/mol. The average Bonchev–Trinajstić information content (AvgIpc) is 2.71. The van der Waals surface area contributed by atoms with E-state index in [2.05, 4.69) is 57.6 Å². The van der Waals surface area contributed by atoms with E-state index in [0.717, 1.165) is 36.5 Å². The third-order valence-corrected chi connectivity index (χ3v) is 4.56. The lowest BCUT2D eigenvalue weighted by atomic mass is 10.0. The molecule has 1 saturated heterocycles. The lowest BCUT2D eigenvalue weighted by Gasteiger charge is -2.43. The van der Waals surface area contributed by atoms with Gasteiger partial charge in [-0.1, -0.05) is 0 Å². The number of halogens is 1. The largest absolute Gasteiger partial charge is 0.334 e. The number of hydrogen-bond acceptors (Lipinski definition) is 4. The van der Waals surface area contributed by atoms with Crippen LogP contribution in [-0.4, -0.2) is 51.1 Å². The van der Waals surface area contributed by atoms with Crippen molar-refractivity contribution in [2.45, 2.75) is 32.4 Å². The van der Waals surface area contributed by atoms with Gasteiger partial charge in [-0.3, -0.25) is 9.80 Å². The Labute approximate surface area is 129 Å². The normalized spacial score (nSPS) is 19.8. The van der Waals surface area contributed by atoms with Gasteiger partial charge in [-0.15, -0.1) is 0 Å². The van der Waals surface area contributed by atoms with Gasteiger partial charge in [-0.25, -0.2) is 4.98 Å². The first-order valence-corrected chi connectivity index (χ1v) is 7.69. The molecule has 0 amide bonds. The first-order chi connectivity index (χ1) is 9.34. The van der Waals surface area contributed by atoms with Gasteiger partial charge in [0.05, 0.1) is 18.1 Å². The second-order valence-corrected chi connectivity index (χ2v) is 7.01. The third kappa shape index (κ3) is 3.05. The Morgan fingerprint density at radius 2 is 1.90 bits per heavy atom. The van der Waals surface area contributed by atoms with Crippen LogP contribution in [0.25, 0.3) is 0 Å². The van der Waals surface area contributed by atoms with Crippen LogP contribution in [0.15, 0.2) is 10.9 Å². The summed E-state index contributed by atoms with van der Waals surface area (Å²) in [6, 6.07) is 2.19. The molecule has 5 nitrogen and oxygen atoms in total. The van der Waals surface area contributed by atoms with Crippen molar-refractivity contribution in [3.63, 3.8) is 0 Å². The van der Waals surface area contributed by atoms with Crippen molar-refractivity contribution in [3.05, 3.63) is 16.6 Å². The van der Waals surface area contributed by atoms with Crippen LogP contribution in [0.4, 0.5) is 0 Å². The second-order valence-electron chi connectivity index (χ2n) is 6.26. The summed E-state index contributed by atoms with van der Waals surface area (Å²) in [5, 5.41) is 9.56. The minimum atomic E-state index is -0.237. The van der Waals surface area contributed by atoms with E-state index < -0.39 is 0 Å². The van der Waals surface area contributed by atoms with Crippen LogP contribution in [0.5, 0.6) is 0 Å². The number of rotatable bonds is 2. The molecule has 1 aliphatic rings. The Morgan fingerprint density at radius 3 is 2.30 bits per heavy atom. The lowest BCUT2D eigenvalue weighted by molar-refractivity contribution is 0.0507. The van der Waals surface area contributed by atoms with Crippen LogP contribution in [0.1, 0.15) is 32.5 Å². The second kappa shape index (κ2) is 5.84. The van der Waals surface area contributed by atoms with Gasteiger partial charge in [0.25, 0.3) is 0 Å². The van der Waals surface area contributed by atoms with E-state index in [1.54, 1.807) is 6.33 Å². The van der Waals surface area contributed by atoms with E-state index in [4.69, 9.17) is 0 Å². The third-order valence-electron chi connectivity index (χ3n) is 3.95. The summed E-state index contributed by atoms with van der Waals surface area (Å²) in [6.07, 6.45) is 1.75. The Bertz CT molecular complexity index is 483. The van der Waals surface area contributed by atoms with Crippen molar-refractivity contribution in [1.29, 1.82) is 5.26 Å². The Balaban J connectivity index is 2.11. The summed E-state index contributed by atoms with van der Waals surface area (Å²) in [5.74, 6) is 0. The van der Waals surface area contributed by atoms with Gasteiger partial charge in [0.15, 0.2) is 0 Å². The molecule has 0 aromatic carbocycles. The van der Waals surface area contributed by atoms with Crippen molar-refractivity contribution < 1.29 is 0 Å². The van der Waals surface area contributed by atoms with Gasteiger partial charge in [-0.2, -0.15) is 5.26 Å². The summed E-state index contributed by atoms with van der Waals surface area (Å²) in [6.45, 7) is 10.5. The molecular formula is C14H22BrN5. The molecule has 2 rings (SSSR count). The fraction of sp³-hybridized carbons (Fsp3) is 0.714. The molecule has 0 bridgehead atoms. The zero-order valence-electron chi connectivity index (χ0n) is 12.6. The minimum Gasteiger partial charge on any atom is -0.334 e. The minimum absolute atomic E-state index is 0.196. The molecule has 1 aliphatic heterocycles. The SMILES string of the molecule is Cn1cnc(Br)c1C(C#N)N1CCN(C(C)(C)C)CC1. The number of aryl methyl sites for hydroxylation is 1. The maximum Gasteiger partial charge on any atom is 0.141 e. The highest BCUT2D eigenvalue weighted by Gasteiger charge is 2.31. The molecule has 0 aliphatic carbocycles. The lowest BCUT2D eigenvalue weighted by Crippen LogP contribution is -2.54. The van der Waals surface area contributed by atoms with E-state index in [1.165, 1.54) is 0 Å². The first-order valence-electron chi connectivity index (χ1n) is 6.90. The topological polar surface area (TPSA) is 48.1 Å².